The van der Waals surface area contributed by atoms with Crippen molar-refractivity contribution >= 4 is 33.4 Å². The molecule has 5 aliphatic rings. The lowest BCUT2D eigenvalue weighted by Crippen LogP contribution is -2.59. The van der Waals surface area contributed by atoms with E-state index in [0.29, 0.717) is 57.4 Å². The largest absolute Gasteiger partial charge is 0.458 e. The number of rotatable bonds is 12. The van der Waals surface area contributed by atoms with Gasteiger partial charge >= 0.3 is 12.1 Å². The van der Waals surface area contributed by atoms with Gasteiger partial charge in [0.1, 0.15) is 24.8 Å². The molecule has 354 valence electrons. The molecule has 6 heterocycles. The van der Waals surface area contributed by atoms with E-state index in [-0.39, 0.29) is 29.4 Å². The van der Waals surface area contributed by atoms with Crippen molar-refractivity contribution in [2.45, 2.75) is 145 Å². The number of aliphatic imine (C=N–C) groups is 1. The van der Waals surface area contributed by atoms with Gasteiger partial charge in [-0.15, -0.1) is 5.10 Å². The second kappa shape index (κ2) is 18.8. The number of amides is 1. The van der Waals surface area contributed by atoms with Crippen LogP contribution in [0.3, 0.4) is 0 Å². The van der Waals surface area contributed by atoms with Crippen LogP contribution in [0.1, 0.15) is 85.0 Å². The maximum absolute atomic E-state index is 14.4. The number of hydrogen-bond acceptors (Lipinski definition) is 15. The fourth-order valence-corrected chi connectivity index (χ4v) is 11.4. The number of likely N-dealkylation sites (N-methyl/N-ethyl adjacent to an activating group) is 1. The van der Waals surface area contributed by atoms with E-state index >= 15 is 0 Å². The number of cyclic esters (lactones) is 1. The van der Waals surface area contributed by atoms with Crippen LogP contribution < -0.4 is 0 Å². The number of fused-ring (bicyclic) bond motifs is 4. The van der Waals surface area contributed by atoms with E-state index in [4.69, 9.17) is 28.7 Å². The van der Waals surface area contributed by atoms with Gasteiger partial charge in [0.25, 0.3) is 0 Å². The highest BCUT2D eigenvalue weighted by Gasteiger charge is 2.61. The van der Waals surface area contributed by atoms with Gasteiger partial charge in [0.05, 0.1) is 53.6 Å². The van der Waals surface area contributed by atoms with Gasteiger partial charge in [-0.1, -0.05) is 38.1 Å². The molecule has 2 aromatic rings. The Balaban J connectivity index is 1.07. The molecule has 14 atom stereocenters. The number of sulfone groups is 1. The molecule has 4 fully saturated rings. The van der Waals surface area contributed by atoms with E-state index in [1.807, 2.05) is 46.6 Å². The van der Waals surface area contributed by atoms with Crippen molar-refractivity contribution in [3.8, 4) is 0 Å². The maximum Gasteiger partial charge on any atom is 0.410 e. The average molecular weight is 917 g/mol. The van der Waals surface area contributed by atoms with Gasteiger partial charge < -0.3 is 33.7 Å². The van der Waals surface area contributed by atoms with Crippen LogP contribution >= 0.6 is 0 Å². The van der Waals surface area contributed by atoms with Crippen LogP contribution in [0.2, 0.25) is 0 Å². The van der Waals surface area contributed by atoms with E-state index < -0.39 is 100 Å². The second-order valence-electron chi connectivity index (χ2n) is 19.1. The first kappa shape index (κ1) is 48.1. The number of aliphatic hydroxyl groups is 1. The van der Waals surface area contributed by atoms with E-state index in [2.05, 4.69) is 10.3 Å². The molecule has 0 aliphatic carbocycles. The molecule has 5 aliphatic heterocycles. The predicted octanol–water partition coefficient (Wildman–Crippen LogP) is 3.80. The monoisotopic (exact) mass is 916 g/mol. The lowest BCUT2D eigenvalue weighted by atomic mass is 9.74. The number of Topliss-reactive ketones (excluding diaryl/α,β-unsaturated/α-hetero) is 1. The summed E-state index contributed by atoms with van der Waals surface area (Å²) in [6, 6.07) is 4.81. The average Bonchev–Trinajstić information content (AvgIpc) is 3.92. The Kier molecular flexibility index (Phi) is 14.1. The highest BCUT2D eigenvalue weighted by molar-refractivity contribution is 7.90. The van der Waals surface area contributed by atoms with E-state index in [1.54, 1.807) is 30.2 Å². The van der Waals surface area contributed by atoms with Crippen LogP contribution in [0.15, 0.2) is 40.4 Å². The SMILES string of the molecule is CC[C@H]1OC(=O)[C@H](C)C(=O)[C@H](C)[C@@H](O[C@@H]2O[C@H](C)C[C@H](N(C)CCc3cn([C@H](CF)Cc4ccc(S(C)(=O)=O)cc4)nn3)[C@H]2O)[C@@]2(C)C[C@@H](CO2)C2=NCCN3C(=O)O[C@@]1(C)[C@H]3[C@H]2C. The molecule has 0 spiro atoms. The zero-order valence-corrected chi connectivity index (χ0v) is 39.2. The van der Waals surface area contributed by atoms with Crippen LogP contribution in [-0.4, -0.2) is 162 Å². The molecule has 4 bridgehead atoms. The van der Waals surface area contributed by atoms with Crippen molar-refractivity contribution in [1.82, 2.24) is 24.8 Å². The molecule has 17 nitrogen and oxygen atoms in total. The number of hydrogen-bond donors (Lipinski definition) is 1. The Labute approximate surface area is 375 Å². The Morgan fingerprint density at radius 2 is 1.81 bits per heavy atom. The van der Waals surface area contributed by atoms with Crippen molar-refractivity contribution in [3.63, 3.8) is 0 Å². The topological polar surface area (TPSA) is 201 Å². The third kappa shape index (κ3) is 9.39. The third-order valence-corrected chi connectivity index (χ3v) is 15.5. The minimum absolute atomic E-state index is 0.182. The number of carbonyl (C=O) groups is 3. The first-order valence-electron chi connectivity index (χ1n) is 22.6. The van der Waals surface area contributed by atoms with Crippen LogP contribution in [0.4, 0.5) is 9.18 Å². The Morgan fingerprint density at radius 3 is 2.48 bits per heavy atom. The summed E-state index contributed by atoms with van der Waals surface area (Å²) in [5, 5.41) is 20.5. The lowest BCUT2D eigenvalue weighted by molar-refractivity contribution is -0.293. The van der Waals surface area contributed by atoms with Crippen LogP contribution in [-0.2, 0) is 56.0 Å². The number of aromatic nitrogens is 3. The van der Waals surface area contributed by atoms with E-state index in [9.17, 15) is 32.3 Å². The van der Waals surface area contributed by atoms with Gasteiger partial charge in [-0.2, -0.15) is 0 Å². The highest BCUT2D eigenvalue weighted by Crippen LogP contribution is 2.46. The Hall–Kier alpha value is -3.88. The van der Waals surface area contributed by atoms with Gasteiger partial charge in [0, 0.05) is 61.5 Å². The molecule has 4 saturated heterocycles. The maximum atomic E-state index is 14.4. The molecule has 64 heavy (non-hydrogen) atoms. The summed E-state index contributed by atoms with van der Waals surface area (Å²) >= 11 is 0. The van der Waals surface area contributed by atoms with Crippen LogP contribution in [0.5, 0.6) is 0 Å². The Morgan fingerprint density at radius 1 is 1.09 bits per heavy atom. The summed E-state index contributed by atoms with van der Waals surface area (Å²) < 4.78 is 71.5. The molecule has 19 heteroatoms. The number of ether oxygens (including phenoxy) is 5. The first-order chi connectivity index (χ1) is 30.2. The first-order valence-corrected chi connectivity index (χ1v) is 24.4. The van der Waals surface area contributed by atoms with Crippen molar-refractivity contribution in [2.24, 2.45) is 28.7 Å². The van der Waals surface area contributed by atoms with E-state index in [1.165, 1.54) is 23.7 Å². The van der Waals surface area contributed by atoms with Crippen molar-refractivity contribution in [1.29, 1.82) is 0 Å². The number of ketones is 1. The second-order valence-corrected chi connectivity index (χ2v) is 21.1. The number of alkyl halides is 1. The summed E-state index contributed by atoms with van der Waals surface area (Å²) in [6.07, 6.45) is -0.107. The molecule has 1 aromatic heterocycles. The predicted molar refractivity (Wildman–Crippen MR) is 231 cm³/mol. The molecular weight excluding hydrogens is 852 g/mol. The summed E-state index contributed by atoms with van der Waals surface area (Å²) in [7, 11) is -1.47. The van der Waals surface area contributed by atoms with Crippen molar-refractivity contribution in [3.05, 3.63) is 41.7 Å². The molecule has 0 radical (unpaired) electrons. The summed E-state index contributed by atoms with van der Waals surface area (Å²) in [5.41, 5.74) is -0.00576. The number of halogens is 1. The summed E-state index contributed by atoms with van der Waals surface area (Å²) in [6.45, 7) is 13.5. The zero-order valence-electron chi connectivity index (χ0n) is 38.4. The number of nitrogens with zero attached hydrogens (tertiary/aromatic N) is 6. The Bertz CT molecular complexity index is 2180. The number of esters is 1. The van der Waals surface area contributed by atoms with Gasteiger partial charge in [0.2, 0.25) is 0 Å². The van der Waals surface area contributed by atoms with Gasteiger partial charge in [-0.3, -0.25) is 19.5 Å². The quantitative estimate of drug-likeness (QED) is 0.238. The number of aliphatic hydroxyl groups excluding tert-OH is 1. The molecule has 1 amide bonds. The normalized spacial score (nSPS) is 36.6. The zero-order chi connectivity index (χ0) is 46.5. The molecule has 1 N–H and O–H groups in total. The standard InChI is InChI=1S/C45H65FN6O11S/c1-10-35-45(7)39-26(3)36(47-16-18-51(39)43(56)63-45)30-21-44(6,59-24-30)40(27(4)37(53)28(5)41(55)61-35)62-42-38(54)34(19-25(2)60-42)50(8)17-15-31-23-52(49-48-31)32(22-46)20-29-11-13-33(14-12-29)64(9,57)58/h11-14,23,25-28,30,32,34-35,38-40,42,54H,10,15-22,24H2,1-9H3/t25-,26+,27+,28-,30+,32+,34+,35-,38-,39-,40-,42+,44-,45-/m1/s1. The smallest absolute Gasteiger partial charge is 0.410 e. The minimum Gasteiger partial charge on any atom is -0.458 e. The van der Waals surface area contributed by atoms with Crippen molar-refractivity contribution in [2.75, 3.05) is 46.2 Å². The van der Waals surface area contributed by atoms with Gasteiger partial charge in [-0.25, -0.2) is 22.3 Å². The highest BCUT2D eigenvalue weighted by atomic mass is 32.2. The molecular formula is C45H65FN6O11S. The lowest BCUT2D eigenvalue weighted by Gasteiger charge is -2.46. The van der Waals surface area contributed by atoms with E-state index in [0.717, 1.165) is 17.5 Å². The number of carbonyl (C=O) groups excluding carboxylic acids is 3. The fraction of sp³-hybridized carbons (Fsp3) is 0.733. The fourth-order valence-electron chi connectivity index (χ4n) is 10.8. The number of benzene rings is 1. The van der Waals surface area contributed by atoms with Crippen molar-refractivity contribution < 1.29 is 56.0 Å². The molecule has 0 saturated carbocycles. The molecule has 7 rings (SSSR count). The molecule has 1 aromatic carbocycles. The molecule has 0 unspecified atom stereocenters. The van der Waals surface area contributed by atoms with Gasteiger partial charge in [-0.05, 0) is 78.1 Å². The summed E-state index contributed by atoms with van der Waals surface area (Å²) in [4.78, 5) is 50.6. The third-order valence-electron chi connectivity index (χ3n) is 14.4. The van der Waals surface area contributed by atoms with Crippen LogP contribution in [0, 0.1) is 23.7 Å². The van der Waals surface area contributed by atoms with Gasteiger partial charge in [0.15, 0.2) is 27.5 Å². The summed E-state index contributed by atoms with van der Waals surface area (Å²) in [5.74, 6) is -3.71. The van der Waals surface area contributed by atoms with Crippen LogP contribution in [0.25, 0.3) is 0 Å². The minimum atomic E-state index is -3.35.